The Balaban J connectivity index is 1.99. The molecule has 0 bridgehead atoms. The van der Waals surface area contributed by atoms with E-state index in [1.54, 1.807) is 43.1 Å². The zero-order valence-corrected chi connectivity index (χ0v) is 17.9. The number of carbonyl (C=O) groups excluding carboxylic acids is 2. The molecule has 0 aromatic heterocycles. The van der Waals surface area contributed by atoms with E-state index in [9.17, 15) is 9.59 Å². The lowest BCUT2D eigenvalue weighted by Crippen LogP contribution is -2.47. The molecule has 2 rings (SSSR count). The van der Waals surface area contributed by atoms with E-state index in [-0.39, 0.29) is 11.8 Å². The van der Waals surface area contributed by atoms with Crippen LogP contribution in [-0.2, 0) is 11.2 Å². The summed E-state index contributed by atoms with van der Waals surface area (Å²) in [7, 11) is 3.14. The van der Waals surface area contributed by atoms with Gasteiger partial charge < -0.3 is 20.1 Å². The number of carbonyl (C=O) groups is 2. The minimum Gasteiger partial charge on any atom is -0.496 e. The maximum atomic E-state index is 12.7. The Bertz CT molecular complexity index is 813. The predicted octanol–water partition coefficient (Wildman–Crippen LogP) is 2.91. The van der Waals surface area contributed by atoms with Gasteiger partial charge in [0.25, 0.3) is 5.91 Å². The molecule has 1 unspecified atom stereocenters. The Hall–Kier alpha value is -2.67. The molecule has 156 valence electrons. The summed E-state index contributed by atoms with van der Waals surface area (Å²) >= 11 is 1.63. The van der Waals surface area contributed by atoms with Gasteiger partial charge in [0.1, 0.15) is 17.5 Å². The van der Waals surface area contributed by atoms with E-state index in [0.29, 0.717) is 30.7 Å². The van der Waals surface area contributed by atoms with Gasteiger partial charge in [0.2, 0.25) is 5.91 Å². The van der Waals surface area contributed by atoms with Gasteiger partial charge in [-0.25, -0.2) is 0 Å². The highest BCUT2D eigenvalue weighted by atomic mass is 32.2. The van der Waals surface area contributed by atoms with E-state index in [2.05, 4.69) is 10.6 Å². The van der Waals surface area contributed by atoms with Crippen molar-refractivity contribution in [2.24, 2.45) is 0 Å². The molecule has 0 saturated heterocycles. The van der Waals surface area contributed by atoms with Crippen LogP contribution in [0.25, 0.3) is 0 Å². The molecule has 29 heavy (non-hydrogen) atoms. The van der Waals surface area contributed by atoms with Gasteiger partial charge in [0, 0.05) is 6.54 Å². The number of methoxy groups -OCH3 is 2. The summed E-state index contributed by atoms with van der Waals surface area (Å²) in [6.07, 6.45) is 3.16. The number of hydrogen-bond acceptors (Lipinski definition) is 5. The molecular formula is C22H28N2O4S. The highest BCUT2D eigenvalue weighted by molar-refractivity contribution is 7.98. The number of benzene rings is 2. The molecule has 6 nitrogen and oxygen atoms in total. The Morgan fingerprint density at radius 2 is 1.66 bits per heavy atom. The zero-order chi connectivity index (χ0) is 21.1. The molecule has 2 aromatic carbocycles. The van der Waals surface area contributed by atoms with Gasteiger partial charge in [-0.2, -0.15) is 11.8 Å². The lowest BCUT2D eigenvalue weighted by Gasteiger charge is -2.19. The molecule has 1 atom stereocenters. The van der Waals surface area contributed by atoms with Crippen molar-refractivity contribution in [1.82, 2.24) is 10.6 Å². The molecule has 0 aliphatic heterocycles. The fourth-order valence-corrected chi connectivity index (χ4v) is 3.40. The molecule has 2 amide bonds. The van der Waals surface area contributed by atoms with E-state index in [4.69, 9.17) is 9.47 Å². The molecule has 0 fully saturated rings. The second-order valence-electron chi connectivity index (χ2n) is 6.36. The normalized spacial score (nSPS) is 11.4. The van der Waals surface area contributed by atoms with Gasteiger partial charge in [-0.3, -0.25) is 9.59 Å². The smallest absolute Gasteiger partial charge is 0.255 e. The van der Waals surface area contributed by atoms with Crippen molar-refractivity contribution >= 4 is 23.6 Å². The van der Waals surface area contributed by atoms with Crippen LogP contribution in [0.1, 0.15) is 22.3 Å². The average molecular weight is 417 g/mol. The van der Waals surface area contributed by atoms with Crippen LogP contribution in [0, 0.1) is 0 Å². The van der Waals surface area contributed by atoms with Crippen LogP contribution < -0.4 is 20.1 Å². The third-order valence-electron chi connectivity index (χ3n) is 4.47. The third-order valence-corrected chi connectivity index (χ3v) is 5.11. The Morgan fingerprint density at radius 1 is 1.00 bits per heavy atom. The van der Waals surface area contributed by atoms with Crippen molar-refractivity contribution in [3.63, 3.8) is 0 Å². The first kappa shape index (κ1) is 22.6. The largest absolute Gasteiger partial charge is 0.496 e. The van der Waals surface area contributed by atoms with E-state index in [0.717, 1.165) is 17.1 Å². The number of rotatable bonds is 11. The van der Waals surface area contributed by atoms with Crippen LogP contribution in [0.3, 0.4) is 0 Å². The summed E-state index contributed by atoms with van der Waals surface area (Å²) in [5.41, 5.74) is 1.43. The molecule has 0 spiro atoms. The highest BCUT2D eigenvalue weighted by Crippen LogP contribution is 2.18. The second kappa shape index (κ2) is 12.0. The molecule has 0 aliphatic rings. The standard InChI is InChI=1S/C22H28N2O4S/c1-27-19-10-6-4-8-16(19)12-14-23-22(26)18(13-15-29-3)24-21(25)17-9-5-7-11-20(17)28-2/h4-11,18H,12-15H2,1-3H3,(H,23,26)(H,24,25). The maximum absolute atomic E-state index is 12.7. The molecular weight excluding hydrogens is 388 g/mol. The Labute approximate surface area is 176 Å². The molecule has 0 aliphatic carbocycles. The number of amides is 2. The van der Waals surface area contributed by atoms with Gasteiger partial charge in [0.05, 0.1) is 19.8 Å². The monoisotopic (exact) mass is 416 g/mol. The van der Waals surface area contributed by atoms with Gasteiger partial charge in [0.15, 0.2) is 0 Å². The Morgan fingerprint density at radius 3 is 2.34 bits per heavy atom. The second-order valence-corrected chi connectivity index (χ2v) is 7.35. The van der Waals surface area contributed by atoms with Crippen molar-refractivity contribution in [2.45, 2.75) is 18.9 Å². The first-order chi connectivity index (χ1) is 14.1. The SMILES string of the molecule is COc1ccccc1CCNC(=O)C(CCSC)NC(=O)c1ccccc1OC. The van der Waals surface area contributed by atoms with Crippen LogP contribution in [0.5, 0.6) is 11.5 Å². The summed E-state index contributed by atoms with van der Waals surface area (Å²) in [4.78, 5) is 25.4. The lowest BCUT2D eigenvalue weighted by atomic mass is 10.1. The first-order valence-corrected chi connectivity index (χ1v) is 10.8. The average Bonchev–Trinajstić information content (AvgIpc) is 2.76. The van der Waals surface area contributed by atoms with Gasteiger partial charge in [-0.15, -0.1) is 0 Å². The molecule has 0 radical (unpaired) electrons. The summed E-state index contributed by atoms with van der Waals surface area (Å²) < 4.78 is 10.6. The van der Waals surface area contributed by atoms with Crippen molar-refractivity contribution < 1.29 is 19.1 Å². The summed E-state index contributed by atoms with van der Waals surface area (Å²) in [6.45, 7) is 0.458. The van der Waals surface area contributed by atoms with Gasteiger partial charge >= 0.3 is 0 Å². The molecule has 2 N–H and O–H groups in total. The van der Waals surface area contributed by atoms with Gasteiger partial charge in [-0.1, -0.05) is 30.3 Å². The highest BCUT2D eigenvalue weighted by Gasteiger charge is 2.22. The van der Waals surface area contributed by atoms with Gasteiger partial charge in [-0.05, 0) is 48.6 Å². The van der Waals surface area contributed by atoms with E-state index in [1.165, 1.54) is 7.11 Å². The minimum atomic E-state index is -0.613. The number of hydrogen-bond donors (Lipinski definition) is 2. The van der Waals surface area contributed by atoms with E-state index >= 15 is 0 Å². The first-order valence-electron chi connectivity index (χ1n) is 9.43. The number of para-hydroxylation sites is 2. The summed E-state index contributed by atoms with van der Waals surface area (Å²) in [6, 6.07) is 14.1. The zero-order valence-electron chi connectivity index (χ0n) is 17.1. The maximum Gasteiger partial charge on any atom is 0.255 e. The summed E-state index contributed by atoms with van der Waals surface area (Å²) in [5, 5.41) is 5.77. The third kappa shape index (κ3) is 6.71. The summed E-state index contributed by atoms with van der Waals surface area (Å²) in [5.74, 6) is 1.51. The van der Waals surface area contributed by atoms with E-state index in [1.807, 2.05) is 30.5 Å². The topological polar surface area (TPSA) is 76.7 Å². The number of thioether (sulfide) groups is 1. The van der Waals surface area contributed by atoms with Crippen molar-refractivity contribution in [1.29, 1.82) is 0 Å². The quantitative estimate of drug-likeness (QED) is 0.589. The number of nitrogens with one attached hydrogen (secondary N) is 2. The molecule has 0 heterocycles. The van der Waals surface area contributed by atoms with Crippen molar-refractivity contribution in [3.8, 4) is 11.5 Å². The molecule has 0 saturated carbocycles. The van der Waals surface area contributed by atoms with E-state index < -0.39 is 6.04 Å². The molecule has 7 heteroatoms. The predicted molar refractivity (Wildman–Crippen MR) is 117 cm³/mol. The fraction of sp³-hybridized carbons (Fsp3) is 0.364. The van der Waals surface area contributed by atoms with Crippen molar-refractivity contribution in [2.75, 3.05) is 32.8 Å². The Kier molecular flexibility index (Phi) is 9.37. The van der Waals surface area contributed by atoms with Crippen LogP contribution in [0.15, 0.2) is 48.5 Å². The fourth-order valence-electron chi connectivity index (χ4n) is 2.93. The minimum absolute atomic E-state index is 0.197. The van der Waals surface area contributed by atoms with Crippen LogP contribution in [-0.4, -0.2) is 50.6 Å². The number of ether oxygens (including phenoxy) is 2. The van der Waals surface area contributed by atoms with Crippen molar-refractivity contribution in [3.05, 3.63) is 59.7 Å². The van der Waals surface area contributed by atoms with Crippen LogP contribution in [0.2, 0.25) is 0 Å². The molecule has 2 aromatic rings. The van der Waals surface area contributed by atoms with Crippen LogP contribution in [0.4, 0.5) is 0 Å². The lowest BCUT2D eigenvalue weighted by molar-refractivity contribution is -0.122. The van der Waals surface area contributed by atoms with Crippen LogP contribution >= 0.6 is 11.8 Å².